The van der Waals surface area contributed by atoms with Gasteiger partial charge < -0.3 is 0 Å². The van der Waals surface area contributed by atoms with E-state index in [2.05, 4.69) is 36.8 Å². The SMILES string of the molecule is CCc1ccc(CC)c(CNS(=O)(=O)c2ccccc2)c1. The molecule has 2 aromatic carbocycles. The van der Waals surface area contributed by atoms with Crippen molar-refractivity contribution in [1.29, 1.82) is 0 Å². The van der Waals surface area contributed by atoms with E-state index in [-0.39, 0.29) is 0 Å². The second-order valence-corrected chi connectivity index (χ2v) is 6.71. The van der Waals surface area contributed by atoms with E-state index in [0.717, 1.165) is 18.4 Å². The van der Waals surface area contributed by atoms with Crippen LogP contribution in [0.25, 0.3) is 0 Å². The van der Waals surface area contributed by atoms with Crippen molar-refractivity contribution in [2.45, 2.75) is 38.1 Å². The first-order chi connectivity index (χ1) is 10.1. The molecule has 0 aromatic heterocycles. The number of benzene rings is 2. The molecule has 0 heterocycles. The first-order valence-corrected chi connectivity index (χ1v) is 8.70. The third kappa shape index (κ3) is 3.93. The van der Waals surface area contributed by atoms with Gasteiger partial charge in [-0.2, -0.15) is 0 Å². The third-order valence-electron chi connectivity index (χ3n) is 3.57. The van der Waals surface area contributed by atoms with E-state index in [1.54, 1.807) is 30.3 Å². The average molecular weight is 303 g/mol. The Morgan fingerprint density at radius 3 is 2.24 bits per heavy atom. The number of sulfonamides is 1. The lowest BCUT2D eigenvalue weighted by molar-refractivity contribution is 0.581. The highest BCUT2D eigenvalue weighted by Crippen LogP contribution is 2.15. The molecular weight excluding hydrogens is 282 g/mol. The molecule has 0 radical (unpaired) electrons. The van der Waals surface area contributed by atoms with E-state index < -0.39 is 10.0 Å². The highest BCUT2D eigenvalue weighted by atomic mass is 32.2. The van der Waals surface area contributed by atoms with Crippen molar-refractivity contribution in [3.63, 3.8) is 0 Å². The molecule has 2 rings (SSSR count). The molecule has 0 atom stereocenters. The van der Waals surface area contributed by atoms with E-state index >= 15 is 0 Å². The maximum absolute atomic E-state index is 12.2. The Hall–Kier alpha value is -1.65. The van der Waals surface area contributed by atoms with Crippen LogP contribution in [-0.4, -0.2) is 8.42 Å². The van der Waals surface area contributed by atoms with E-state index in [1.165, 1.54) is 11.1 Å². The van der Waals surface area contributed by atoms with Gasteiger partial charge in [0.2, 0.25) is 10.0 Å². The molecule has 4 heteroatoms. The van der Waals surface area contributed by atoms with Crippen LogP contribution in [0.2, 0.25) is 0 Å². The van der Waals surface area contributed by atoms with Crippen LogP contribution in [0.4, 0.5) is 0 Å². The maximum Gasteiger partial charge on any atom is 0.240 e. The first kappa shape index (κ1) is 15.7. The number of aryl methyl sites for hydroxylation is 2. The van der Waals surface area contributed by atoms with Gasteiger partial charge in [-0.25, -0.2) is 13.1 Å². The molecule has 1 N–H and O–H groups in total. The van der Waals surface area contributed by atoms with Crippen LogP contribution < -0.4 is 4.72 Å². The molecule has 0 aliphatic rings. The second kappa shape index (κ2) is 6.87. The summed E-state index contributed by atoms with van der Waals surface area (Å²) in [5.41, 5.74) is 3.46. The Balaban J connectivity index is 2.20. The minimum Gasteiger partial charge on any atom is -0.207 e. The van der Waals surface area contributed by atoms with Crippen LogP contribution >= 0.6 is 0 Å². The molecule has 0 unspecified atom stereocenters. The Bertz CT molecular complexity index is 694. The molecule has 0 spiro atoms. The zero-order valence-corrected chi connectivity index (χ0v) is 13.3. The molecule has 0 aliphatic carbocycles. The van der Waals surface area contributed by atoms with Gasteiger partial charge in [-0.1, -0.05) is 50.2 Å². The summed E-state index contributed by atoms with van der Waals surface area (Å²) in [7, 11) is -3.45. The van der Waals surface area contributed by atoms with Crippen molar-refractivity contribution in [2.75, 3.05) is 0 Å². The lowest BCUT2D eigenvalue weighted by Gasteiger charge is -2.12. The quantitative estimate of drug-likeness (QED) is 0.890. The van der Waals surface area contributed by atoms with Crippen LogP contribution in [0, 0.1) is 0 Å². The molecule has 112 valence electrons. The molecule has 0 fully saturated rings. The van der Waals surface area contributed by atoms with Gasteiger partial charge in [-0.3, -0.25) is 0 Å². The van der Waals surface area contributed by atoms with Gasteiger partial charge in [0.15, 0.2) is 0 Å². The van der Waals surface area contributed by atoms with Gasteiger partial charge in [0, 0.05) is 6.54 Å². The predicted octanol–water partition coefficient (Wildman–Crippen LogP) is 3.29. The number of hydrogen-bond donors (Lipinski definition) is 1. The van der Waals surface area contributed by atoms with Gasteiger partial charge in [0.05, 0.1) is 4.90 Å². The highest BCUT2D eigenvalue weighted by molar-refractivity contribution is 7.89. The summed E-state index contributed by atoms with van der Waals surface area (Å²) in [6.07, 6.45) is 1.84. The predicted molar refractivity (Wildman–Crippen MR) is 85.7 cm³/mol. The first-order valence-electron chi connectivity index (χ1n) is 7.22. The summed E-state index contributed by atoms with van der Waals surface area (Å²) in [4.78, 5) is 0.301. The summed E-state index contributed by atoms with van der Waals surface area (Å²) < 4.78 is 27.2. The van der Waals surface area contributed by atoms with Crippen molar-refractivity contribution in [2.24, 2.45) is 0 Å². The van der Waals surface area contributed by atoms with Crippen molar-refractivity contribution < 1.29 is 8.42 Å². The molecule has 21 heavy (non-hydrogen) atoms. The van der Waals surface area contributed by atoms with Gasteiger partial charge in [-0.15, -0.1) is 0 Å². The van der Waals surface area contributed by atoms with Gasteiger partial charge in [0.1, 0.15) is 0 Å². The molecule has 0 saturated carbocycles. The minimum absolute atomic E-state index is 0.301. The summed E-state index contributed by atoms with van der Waals surface area (Å²) in [5.74, 6) is 0. The minimum atomic E-state index is -3.45. The van der Waals surface area contributed by atoms with E-state index in [4.69, 9.17) is 0 Å². The van der Waals surface area contributed by atoms with E-state index in [1.807, 2.05) is 0 Å². The number of nitrogens with one attached hydrogen (secondary N) is 1. The Kier molecular flexibility index (Phi) is 5.15. The van der Waals surface area contributed by atoms with Crippen LogP contribution in [0.1, 0.15) is 30.5 Å². The lowest BCUT2D eigenvalue weighted by atomic mass is 10.0. The normalized spacial score (nSPS) is 11.5. The number of hydrogen-bond acceptors (Lipinski definition) is 2. The zero-order valence-electron chi connectivity index (χ0n) is 12.5. The fourth-order valence-corrected chi connectivity index (χ4v) is 3.29. The van der Waals surface area contributed by atoms with Crippen LogP contribution in [0.15, 0.2) is 53.4 Å². The molecule has 0 amide bonds. The second-order valence-electron chi connectivity index (χ2n) is 4.95. The van der Waals surface area contributed by atoms with Crippen molar-refractivity contribution in [3.05, 3.63) is 65.2 Å². The standard InChI is InChI=1S/C17H21NO2S/c1-3-14-10-11-15(4-2)16(12-14)13-18-21(19,20)17-8-6-5-7-9-17/h5-12,18H,3-4,13H2,1-2H3. The average Bonchev–Trinajstić information content (AvgIpc) is 2.53. The Labute approximate surface area is 127 Å². The van der Waals surface area contributed by atoms with Gasteiger partial charge >= 0.3 is 0 Å². The molecule has 0 aliphatic heterocycles. The number of rotatable bonds is 6. The monoisotopic (exact) mass is 303 g/mol. The van der Waals surface area contributed by atoms with Crippen molar-refractivity contribution >= 4 is 10.0 Å². The molecule has 0 bridgehead atoms. The van der Waals surface area contributed by atoms with Crippen molar-refractivity contribution in [3.8, 4) is 0 Å². The van der Waals surface area contributed by atoms with Crippen LogP contribution in [0.3, 0.4) is 0 Å². The molecular formula is C17H21NO2S. The molecule has 0 saturated heterocycles. The van der Waals surface area contributed by atoms with Gasteiger partial charge in [0.25, 0.3) is 0 Å². The highest BCUT2D eigenvalue weighted by Gasteiger charge is 2.13. The fourth-order valence-electron chi connectivity index (χ4n) is 2.26. The molecule has 2 aromatic rings. The summed E-state index contributed by atoms with van der Waals surface area (Å²) >= 11 is 0. The van der Waals surface area contributed by atoms with Crippen LogP contribution in [0.5, 0.6) is 0 Å². The summed E-state index contributed by atoms with van der Waals surface area (Å²) in [6, 6.07) is 14.7. The zero-order chi connectivity index (χ0) is 15.3. The summed E-state index contributed by atoms with van der Waals surface area (Å²) in [6.45, 7) is 4.50. The topological polar surface area (TPSA) is 46.2 Å². The van der Waals surface area contributed by atoms with Crippen LogP contribution in [-0.2, 0) is 29.4 Å². The Morgan fingerprint density at radius 1 is 0.905 bits per heavy atom. The fraction of sp³-hybridized carbons (Fsp3) is 0.294. The van der Waals surface area contributed by atoms with Gasteiger partial charge in [-0.05, 0) is 41.7 Å². The van der Waals surface area contributed by atoms with E-state index in [0.29, 0.717) is 11.4 Å². The lowest BCUT2D eigenvalue weighted by Crippen LogP contribution is -2.23. The largest absolute Gasteiger partial charge is 0.240 e. The smallest absolute Gasteiger partial charge is 0.207 e. The van der Waals surface area contributed by atoms with Crippen molar-refractivity contribution in [1.82, 2.24) is 4.72 Å². The van der Waals surface area contributed by atoms with E-state index in [9.17, 15) is 8.42 Å². The Morgan fingerprint density at radius 2 is 1.62 bits per heavy atom. The third-order valence-corrected chi connectivity index (χ3v) is 4.98. The molecule has 3 nitrogen and oxygen atoms in total. The summed E-state index contributed by atoms with van der Waals surface area (Å²) in [5, 5.41) is 0. The maximum atomic E-state index is 12.2.